The third kappa shape index (κ3) is 3.27. The van der Waals surface area contributed by atoms with Gasteiger partial charge in [0, 0.05) is 38.4 Å². The molecule has 142 valence electrons. The first kappa shape index (κ1) is 17.5. The van der Waals surface area contributed by atoms with Gasteiger partial charge < -0.3 is 9.30 Å². The van der Waals surface area contributed by atoms with Gasteiger partial charge in [-0.05, 0) is 44.2 Å². The van der Waals surface area contributed by atoms with Gasteiger partial charge in [-0.15, -0.1) is 0 Å². The fourth-order valence-corrected chi connectivity index (χ4v) is 3.85. The third-order valence-electron chi connectivity index (χ3n) is 5.42. The smallest absolute Gasteiger partial charge is 0.337 e. The van der Waals surface area contributed by atoms with Gasteiger partial charge in [0.15, 0.2) is 0 Å². The van der Waals surface area contributed by atoms with E-state index in [0.29, 0.717) is 31.2 Å². The number of likely N-dealkylation sites (tertiary alicyclic amines) is 1. The molecule has 0 unspecified atom stereocenters. The largest absolute Gasteiger partial charge is 0.343 e. The molecular weight excluding hydrogens is 344 g/mol. The van der Waals surface area contributed by atoms with Gasteiger partial charge in [-0.25, -0.2) is 14.9 Å². The van der Waals surface area contributed by atoms with Gasteiger partial charge in [-0.3, -0.25) is 9.36 Å². The highest BCUT2D eigenvalue weighted by molar-refractivity contribution is 5.93. The van der Waals surface area contributed by atoms with Crippen LogP contribution in [0.4, 0.5) is 0 Å². The number of aromatic nitrogens is 5. The highest BCUT2D eigenvalue weighted by Crippen LogP contribution is 2.22. The fraction of sp³-hybridized carbons (Fsp3) is 0.474. The van der Waals surface area contributed by atoms with Crippen LogP contribution in [0.2, 0.25) is 0 Å². The summed E-state index contributed by atoms with van der Waals surface area (Å²) in [5.41, 5.74) is 2.22. The summed E-state index contributed by atoms with van der Waals surface area (Å²) in [5, 5.41) is 6.67. The minimum atomic E-state index is -0.151. The molecule has 1 fully saturated rings. The number of aromatic amines is 1. The Morgan fingerprint density at radius 1 is 1.33 bits per heavy atom. The maximum Gasteiger partial charge on any atom is 0.343 e. The van der Waals surface area contributed by atoms with Crippen LogP contribution in [0.1, 0.15) is 41.6 Å². The lowest BCUT2D eigenvalue weighted by molar-refractivity contribution is 0.0684. The zero-order valence-electron chi connectivity index (χ0n) is 15.7. The minimum Gasteiger partial charge on any atom is -0.337 e. The molecule has 0 aliphatic carbocycles. The van der Waals surface area contributed by atoms with Gasteiger partial charge in [0.2, 0.25) is 0 Å². The van der Waals surface area contributed by atoms with Gasteiger partial charge in [-0.1, -0.05) is 6.07 Å². The Bertz CT molecular complexity index is 1020. The monoisotopic (exact) mass is 368 g/mol. The van der Waals surface area contributed by atoms with Crippen molar-refractivity contribution in [3.63, 3.8) is 0 Å². The van der Waals surface area contributed by atoms with E-state index < -0.39 is 0 Å². The molecule has 0 radical (unpaired) electrons. The third-order valence-corrected chi connectivity index (χ3v) is 5.42. The SMILES string of the molecule is CCn1c(CC2CCN(C(=O)c3cn4cccc(C)c4n3)CC2)n[nH]c1=O. The maximum atomic E-state index is 12.8. The van der Waals surface area contributed by atoms with Gasteiger partial charge in [0.25, 0.3) is 5.91 Å². The summed E-state index contributed by atoms with van der Waals surface area (Å²) in [5.74, 6) is 1.22. The van der Waals surface area contributed by atoms with Gasteiger partial charge in [-0.2, -0.15) is 5.10 Å². The van der Waals surface area contributed by atoms with Crippen LogP contribution in [-0.4, -0.2) is 48.0 Å². The summed E-state index contributed by atoms with van der Waals surface area (Å²) in [6.45, 7) is 5.97. The Hall–Kier alpha value is -2.90. The van der Waals surface area contributed by atoms with E-state index in [9.17, 15) is 9.59 Å². The number of piperidine rings is 1. The number of hydrogen-bond acceptors (Lipinski definition) is 4. The summed E-state index contributed by atoms with van der Waals surface area (Å²) in [7, 11) is 0. The Morgan fingerprint density at radius 3 is 2.81 bits per heavy atom. The number of amides is 1. The van der Waals surface area contributed by atoms with E-state index in [1.807, 2.05) is 41.5 Å². The Morgan fingerprint density at radius 2 is 2.11 bits per heavy atom. The molecule has 4 heterocycles. The molecule has 1 saturated heterocycles. The van der Waals surface area contributed by atoms with Crippen molar-refractivity contribution < 1.29 is 4.79 Å². The number of imidazole rings is 1. The van der Waals surface area contributed by atoms with Crippen LogP contribution in [0.25, 0.3) is 5.65 Å². The number of nitrogens with one attached hydrogen (secondary N) is 1. The van der Waals surface area contributed by atoms with Gasteiger partial charge in [0.05, 0.1) is 0 Å². The van der Waals surface area contributed by atoms with E-state index in [2.05, 4.69) is 15.2 Å². The van der Waals surface area contributed by atoms with Gasteiger partial charge >= 0.3 is 5.69 Å². The average Bonchev–Trinajstić information content (AvgIpc) is 3.26. The van der Waals surface area contributed by atoms with Crippen LogP contribution in [0.3, 0.4) is 0 Å². The molecule has 1 N–H and O–H groups in total. The molecule has 1 aliphatic heterocycles. The van der Waals surface area contributed by atoms with E-state index in [1.165, 1.54) is 0 Å². The number of carbonyl (C=O) groups excluding carboxylic acids is 1. The van der Waals surface area contributed by atoms with Crippen LogP contribution in [0, 0.1) is 12.8 Å². The van der Waals surface area contributed by atoms with Crippen molar-refractivity contribution in [3.05, 3.63) is 52.1 Å². The van der Waals surface area contributed by atoms with Crippen molar-refractivity contribution in [2.75, 3.05) is 13.1 Å². The van der Waals surface area contributed by atoms with Crippen molar-refractivity contribution >= 4 is 11.6 Å². The van der Waals surface area contributed by atoms with E-state index in [4.69, 9.17) is 0 Å². The van der Waals surface area contributed by atoms with E-state index in [1.54, 1.807) is 10.8 Å². The summed E-state index contributed by atoms with van der Waals surface area (Å²) >= 11 is 0. The second kappa shape index (κ2) is 7.02. The number of pyridine rings is 1. The number of fused-ring (bicyclic) bond motifs is 1. The van der Waals surface area contributed by atoms with Crippen molar-refractivity contribution in [2.45, 2.75) is 39.7 Å². The second-order valence-electron chi connectivity index (χ2n) is 7.18. The Labute approximate surface area is 156 Å². The lowest BCUT2D eigenvalue weighted by Crippen LogP contribution is -2.39. The predicted octanol–water partition coefficient (Wildman–Crippen LogP) is 1.64. The van der Waals surface area contributed by atoms with E-state index >= 15 is 0 Å². The summed E-state index contributed by atoms with van der Waals surface area (Å²) < 4.78 is 3.58. The van der Waals surface area contributed by atoms with Crippen molar-refractivity contribution in [3.8, 4) is 0 Å². The molecule has 0 aromatic carbocycles. The molecule has 1 amide bonds. The number of H-pyrrole nitrogens is 1. The van der Waals surface area contributed by atoms with Crippen molar-refractivity contribution in [1.82, 2.24) is 29.0 Å². The molecule has 0 bridgehead atoms. The van der Waals surface area contributed by atoms with Crippen LogP contribution >= 0.6 is 0 Å². The fourth-order valence-electron chi connectivity index (χ4n) is 3.85. The molecule has 27 heavy (non-hydrogen) atoms. The maximum absolute atomic E-state index is 12.8. The Kier molecular flexibility index (Phi) is 4.55. The summed E-state index contributed by atoms with van der Waals surface area (Å²) in [6.07, 6.45) is 6.30. The Balaban J connectivity index is 1.41. The first-order chi connectivity index (χ1) is 13.1. The molecule has 1 aliphatic rings. The highest BCUT2D eigenvalue weighted by Gasteiger charge is 2.26. The standard InChI is InChI=1S/C19H24N6O2/c1-3-25-16(21-22-19(25)27)11-14-6-9-23(10-7-14)18(26)15-12-24-8-4-5-13(2)17(24)20-15/h4-5,8,12,14H,3,6-7,9-11H2,1-2H3,(H,22,27). The predicted molar refractivity (Wildman–Crippen MR) is 101 cm³/mol. The molecule has 0 atom stereocenters. The zero-order valence-corrected chi connectivity index (χ0v) is 15.7. The minimum absolute atomic E-state index is 0.0122. The van der Waals surface area contributed by atoms with Crippen molar-refractivity contribution in [2.24, 2.45) is 5.92 Å². The lowest BCUT2D eigenvalue weighted by atomic mass is 9.93. The zero-order chi connectivity index (χ0) is 19.0. The lowest BCUT2D eigenvalue weighted by Gasteiger charge is -2.31. The molecule has 4 rings (SSSR count). The van der Waals surface area contributed by atoms with E-state index in [-0.39, 0.29) is 11.6 Å². The highest BCUT2D eigenvalue weighted by atomic mass is 16.2. The first-order valence-electron chi connectivity index (χ1n) is 9.44. The van der Waals surface area contributed by atoms with Crippen LogP contribution < -0.4 is 5.69 Å². The summed E-state index contributed by atoms with van der Waals surface area (Å²) in [6, 6.07) is 3.95. The molecule has 0 spiro atoms. The molecule has 8 heteroatoms. The molecular formula is C19H24N6O2. The number of rotatable bonds is 4. The second-order valence-corrected chi connectivity index (χ2v) is 7.18. The molecule has 0 saturated carbocycles. The molecule has 3 aromatic rings. The van der Waals surface area contributed by atoms with Crippen LogP contribution in [-0.2, 0) is 13.0 Å². The number of carbonyl (C=O) groups is 1. The summed E-state index contributed by atoms with van der Waals surface area (Å²) in [4.78, 5) is 30.9. The first-order valence-corrected chi connectivity index (χ1v) is 9.44. The van der Waals surface area contributed by atoms with E-state index in [0.717, 1.165) is 36.3 Å². The van der Waals surface area contributed by atoms with Crippen LogP contribution in [0.5, 0.6) is 0 Å². The van der Waals surface area contributed by atoms with Gasteiger partial charge in [0.1, 0.15) is 17.2 Å². The number of nitrogens with zero attached hydrogens (tertiary/aromatic N) is 5. The van der Waals surface area contributed by atoms with Crippen molar-refractivity contribution in [1.29, 1.82) is 0 Å². The number of aryl methyl sites for hydroxylation is 1. The molecule has 3 aromatic heterocycles. The number of hydrogen-bond donors (Lipinski definition) is 1. The normalized spacial score (nSPS) is 15.6. The van der Waals surface area contributed by atoms with Crippen LogP contribution in [0.15, 0.2) is 29.3 Å². The quantitative estimate of drug-likeness (QED) is 0.758. The average molecular weight is 368 g/mol. The molecule has 8 nitrogen and oxygen atoms in total. The topological polar surface area (TPSA) is 88.3 Å².